The molecule has 6 atom stereocenters. The van der Waals surface area contributed by atoms with E-state index in [1.54, 1.807) is 0 Å². The van der Waals surface area contributed by atoms with E-state index in [1.807, 2.05) is 19.9 Å². The number of esters is 1. The van der Waals surface area contributed by atoms with Gasteiger partial charge in [-0.2, -0.15) is 0 Å². The highest BCUT2D eigenvalue weighted by atomic mass is 17.3. The molecular weight excluding hydrogens is 334 g/mol. The van der Waals surface area contributed by atoms with Crippen molar-refractivity contribution in [3.8, 4) is 0 Å². The number of piperidine rings is 1. The molecule has 1 aromatic rings. The van der Waals surface area contributed by atoms with E-state index in [9.17, 15) is 4.79 Å². The first-order chi connectivity index (χ1) is 12.5. The second-order valence-corrected chi connectivity index (χ2v) is 8.24. The molecule has 140 valence electrons. The van der Waals surface area contributed by atoms with Gasteiger partial charge in [-0.05, 0) is 31.9 Å². The number of fused-ring (bicyclic) bond motifs is 2. The smallest absolute Gasteiger partial charge is 0.311 e. The quantitative estimate of drug-likeness (QED) is 0.598. The van der Waals surface area contributed by atoms with E-state index in [2.05, 4.69) is 29.2 Å². The topological polar surface area (TPSA) is 57.2 Å². The predicted octanol–water partition coefficient (Wildman–Crippen LogP) is 2.62. The maximum absolute atomic E-state index is 12.4. The Bertz CT molecular complexity index is 711. The zero-order valence-electron chi connectivity index (χ0n) is 15.2. The van der Waals surface area contributed by atoms with Crippen LogP contribution in [0.2, 0.25) is 0 Å². The SMILES string of the molecule is C[C@H]1C(=O)O[C@@H]2O[C@]3(C)CC[C@H]4N(Cc5ccccc5)CC[C@@H]1[C@@]24OO3. The number of carbonyl (C=O) groups excluding carboxylic acids is 1. The first-order valence-electron chi connectivity index (χ1n) is 9.55. The second kappa shape index (κ2) is 5.76. The van der Waals surface area contributed by atoms with Gasteiger partial charge in [-0.3, -0.25) is 9.69 Å². The fraction of sp³-hybridized carbons (Fsp3) is 0.650. The highest BCUT2D eigenvalue weighted by Crippen LogP contribution is 2.55. The molecule has 5 fully saturated rings. The minimum absolute atomic E-state index is 0.0356. The van der Waals surface area contributed by atoms with Crippen LogP contribution in [0.4, 0.5) is 0 Å². The normalized spacial score (nSPS) is 44.9. The molecule has 0 unspecified atom stereocenters. The van der Waals surface area contributed by atoms with Gasteiger partial charge < -0.3 is 9.47 Å². The molecule has 2 bridgehead atoms. The average Bonchev–Trinajstić information content (AvgIpc) is 2.86. The average molecular weight is 359 g/mol. The van der Waals surface area contributed by atoms with Crippen molar-refractivity contribution in [2.75, 3.05) is 6.54 Å². The van der Waals surface area contributed by atoms with Gasteiger partial charge in [0.05, 0.1) is 5.92 Å². The van der Waals surface area contributed by atoms with E-state index < -0.39 is 17.7 Å². The van der Waals surface area contributed by atoms with Crippen LogP contribution in [-0.4, -0.2) is 41.1 Å². The summed E-state index contributed by atoms with van der Waals surface area (Å²) in [6.45, 7) is 5.56. The van der Waals surface area contributed by atoms with Crippen LogP contribution in [0.5, 0.6) is 0 Å². The third-order valence-corrected chi connectivity index (χ3v) is 6.65. The molecule has 5 aliphatic rings. The van der Waals surface area contributed by atoms with Crippen LogP contribution in [0.1, 0.15) is 38.7 Å². The van der Waals surface area contributed by atoms with Gasteiger partial charge in [0.1, 0.15) is 0 Å². The first-order valence-corrected chi connectivity index (χ1v) is 9.55. The molecule has 6 heteroatoms. The minimum atomic E-state index is -0.864. The van der Waals surface area contributed by atoms with Crippen LogP contribution >= 0.6 is 0 Å². The van der Waals surface area contributed by atoms with Gasteiger partial charge in [-0.1, -0.05) is 37.3 Å². The molecule has 0 N–H and O–H groups in total. The van der Waals surface area contributed by atoms with Crippen molar-refractivity contribution < 1.29 is 24.0 Å². The molecule has 6 rings (SSSR count). The summed E-state index contributed by atoms with van der Waals surface area (Å²) >= 11 is 0. The molecule has 1 spiro atoms. The summed E-state index contributed by atoms with van der Waals surface area (Å²) in [5, 5.41) is 0. The van der Waals surface area contributed by atoms with Gasteiger partial charge in [-0.15, -0.1) is 0 Å². The van der Waals surface area contributed by atoms with E-state index in [0.29, 0.717) is 6.42 Å². The van der Waals surface area contributed by atoms with Crippen LogP contribution < -0.4 is 0 Å². The fourth-order valence-electron chi connectivity index (χ4n) is 5.25. The Hall–Kier alpha value is -1.47. The molecule has 0 saturated carbocycles. The van der Waals surface area contributed by atoms with Crippen LogP contribution in [0.3, 0.4) is 0 Å². The molecule has 1 aromatic carbocycles. The summed E-state index contributed by atoms with van der Waals surface area (Å²) in [6.07, 6.45) is 1.75. The Morgan fingerprint density at radius 1 is 1.19 bits per heavy atom. The summed E-state index contributed by atoms with van der Waals surface area (Å²) in [4.78, 5) is 26.7. The van der Waals surface area contributed by atoms with Crippen molar-refractivity contribution in [1.29, 1.82) is 0 Å². The minimum Gasteiger partial charge on any atom is -0.432 e. The van der Waals surface area contributed by atoms with E-state index in [0.717, 1.165) is 25.9 Å². The number of hydrogen-bond acceptors (Lipinski definition) is 6. The standard InChI is InChI=1S/C20H25NO5/c1-13-15-9-11-21(12-14-6-4-3-5-7-14)16-8-10-19(2)24-18(23-17(13)22)20(15,16)26-25-19/h3-7,13,15-16,18H,8-12H2,1-2H3/t13-,15+,16-,18-,19+,20+/m1/s1. The van der Waals surface area contributed by atoms with Crippen molar-refractivity contribution >= 4 is 5.97 Å². The van der Waals surface area contributed by atoms with E-state index >= 15 is 0 Å². The molecule has 0 aliphatic carbocycles. The lowest BCUT2D eigenvalue weighted by molar-refractivity contribution is -0.557. The van der Waals surface area contributed by atoms with E-state index in [-0.39, 0.29) is 23.8 Å². The Kier molecular flexibility index (Phi) is 3.70. The van der Waals surface area contributed by atoms with Crippen molar-refractivity contribution in [1.82, 2.24) is 4.90 Å². The summed E-state index contributed by atoms with van der Waals surface area (Å²) < 4.78 is 11.8. The Morgan fingerprint density at radius 3 is 2.81 bits per heavy atom. The van der Waals surface area contributed by atoms with Gasteiger partial charge in [0, 0.05) is 24.9 Å². The Balaban J connectivity index is 1.54. The number of ether oxygens (including phenoxy) is 2. The van der Waals surface area contributed by atoms with Crippen molar-refractivity contribution in [3.63, 3.8) is 0 Å². The number of likely N-dealkylation sites (tertiary alicyclic amines) is 1. The number of carbonyl (C=O) groups is 1. The Morgan fingerprint density at radius 2 is 2.00 bits per heavy atom. The molecule has 5 saturated heterocycles. The monoisotopic (exact) mass is 359 g/mol. The third kappa shape index (κ3) is 2.29. The van der Waals surface area contributed by atoms with Crippen LogP contribution in [0.15, 0.2) is 30.3 Å². The first kappa shape index (κ1) is 16.7. The lowest BCUT2D eigenvalue weighted by Gasteiger charge is -2.58. The van der Waals surface area contributed by atoms with Crippen LogP contribution in [0, 0.1) is 11.8 Å². The van der Waals surface area contributed by atoms with Gasteiger partial charge in [0.15, 0.2) is 5.60 Å². The summed E-state index contributed by atoms with van der Waals surface area (Å²) in [7, 11) is 0. The number of hydrogen-bond donors (Lipinski definition) is 0. The Labute approximate surface area is 153 Å². The number of nitrogens with zero attached hydrogens (tertiary/aromatic N) is 1. The zero-order chi connectivity index (χ0) is 17.9. The summed E-state index contributed by atoms with van der Waals surface area (Å²) in [5.41, 5.74) is 0.516. The van der Waals surface area contributed by atoms with Gasteiger partial charge >= 0.3 is 5.97 Å². The highest BCUT2D eigenvalue weighted by molar-refractivity contribution is 5.74. The number of rotatable bonds is 2. The molecular formula is C20H25NO5. The summed E-state index contributed by atoms with van der Waals surface area (Å²) in [5.74, 6) is -1.24. The maximum Gasteiger partial charge on any atom is 0.311 e. The molecule has 0 aromatic heterocycles. The molecule has 0 amide bonds. The van der Waals surface area contributed by atoms with Crippen LogP contribution in [-0.2, 0) is 30.6 Å². The molecule has 5 heterocycles. The molecule has 6 nitrogen and oxygen atoms in total. The maximum atomic E-state index is 12.4. The van der Waals surface area contributed by atoms with Crippen molar-refractivity contribution in [3.05, 3.63) is 35.9 Å². The lowest BCUT2D eigenvalue weighted by atomic mass is 9.67. The van der Waals surface area contributed by atoms with Crippen LogP contribution in [0.25, 0.3) is 0 Å². The second-order valence-electron chi connectivity index (χ2n) is 8.24. The predicted molar refractivity (Wildman–Crippen MR) is 91.4 cm³/mol. The highest BCUT2D eigenvalue weighted by Gasteiger charge is 2.70. The van der Waals surface area contributed by atoms with E-state index in [4.69, 9.17) is 19.2 Å². The lowest BCUT2D eigenvalue weighted by Crippen LogP contribution is -2.74. The fourth-order valence-corrected chi connectivity index (χ4v) is 5.25. The van der Waals surface area contributed by atoms with Gasteiger partial charge in [-0.25, -0.2) is 9.78 Å². The van der Waals surface area contributed by atoms with Crippen molar-refractivity contribution in [2.45, 2.75) is 63.4 Å². The third-order valence-electron chi connectivity index (χ3n) is 6.65. The van der Waals surface area contributed by atoms with Gasteiger partial charge in [0.25, 0.3) is 0 Å². The zero-order valence-corrected chi connectivity index (χ0v) is 15.2. The number of benzene rings is 1. The molecule has 26 heavy (non-hydrogen) atoms. The summed E-state index contributed by atoms with van der Waals surface area (Å²) in [6, 6.07) is 10.5. The van der Waals surface area contributed by atoms with E-state index in [1.165, 1.54) is 5.56 Å². The molecule has 5 aliphatic heterocycles. The largest absolute Gasteiger partial charge is 0.432 e. The van der Waals surface area contributed by atoms with Gasteiger partial charge in [0.2, 0.25) is 12.1 Å². The molecule has 0 radical (unpaired) electrons. The van der Waals surface area contributed by atoms with Crippen molar-refractivity contribution in [2.24, 2.45) is 11.8 Å².